The summed E-state index contributed by atoms with van der Waals surface area (Å²) in [7, 11) is 1.20. The fourth-order valence-electron chi connectivity index (χ4n) is 1.66. The highest BCUT2D eigenvalue weighted by molar-refractivity contribution is 6.32. The normalized spacial score (nSPS) is 9.81. The van der Waals surface area contributed by atoms with Gasteiger partial charge < -0.3 is 9.47 Å². The lowest BCUT2D eigenvalue weighted by Gasteiger charge is -2.10. The van der Waals surface area contributed by atoms with Crippen molar-refractivity contribution in [2.75, 3.05) is 7.11 Å². The van der Waals surface area contributed by atoms with Gasteiger partial charge >= 0.3 is 5.97 Å². The van der Waals surface area contributed by atoms with Crippen LogP contribution in [0.5, 0.6) is 11.5 Å². The number of carbonyl (C=O) groups is 1. The first-order valence-electron chi connectivity index (χ1n) is 5.81. The second-order valence-electron chi connectivity index (χ2n) is 3.96. The van der Waals surface area contributed by atoms with Crippen molar-refractivity contribution in [3.63, 3.8) is 0 Å². The van der Waals surface area contributed by atoms with Crippen molar-refractivity contribution < 1.29 is 18.7 Å². The van der Waals surface area contributed by atoms with Crippen LogP contribution in [-0.4, -0.2) is 13.1 Å². The molecule has 0 aliphatic heterocycles. The van der Waals surface area contributed by atoms with Gasteiger partial charge in [-0.2, -0.15) is 5.26 Å². The lowest BCUT2D eigenvalue weighted by atomic mass is 10.1. The molecule has 0 aliphatic rings. The number of hydrogen-bond acceptors (Lipinski definition) is 4. The highest BCUT2D eigenvalue weighted by atomic mass is 35.5. The van der Waals surface area contributed by atoms with E-state index in [1.807, 2.05) is 6.07 Å². The van der Waals surface area contributed by atoms with Crippen LogP contribution in [0.2, 0.25) is 5.02 Å². The summed E-state index contributed by atoms with van der Waals surface area (Å²) in [5.74, 6) is -1.30. The topological polar surface area (TPSA) is 59.3 Å². The number of esters is 1. The minimum atomic E-state index is -0.684. The Morgan fingerprint density at radius 1 is 1.33 bits per heavy atom. The molecular weight excluding hydrogens is 297 g/mol. The average Bonchev–Trinajstić information content (AvgIpc) is 2.50. The maximum Gasteiger partial charge on any atom is 0.339 e. The largest absolute Gasteiger partial charge is 0.465 e. The molecule has 0 aromatic heterocycles. The van der Waals surface area contributed by atoms with E-state index < -0.39 is 11.8 Å². The monoisotopic (exact) mass is 305 g/mol. The van der Waals surface area contributed by atoms with E-state index in [4.69, 9.17) is 21.6 Å². The van der Waals surface area contributed by atoms with Crippen molar-refractivity contribution in [2.45, 2.75) is 0 Å². The maximum absolute atomic E-state index is 13.7. The molecule has 0 spiro atoms. The highest BCUT2D eigenvalue weighted by Crippen LogP contribution is 2.32. The summed E-state index contributed by atoms with van der Waals surface area (Å²) in [5.41, 5.74) is 0.166. The highest BCUT2D eigenvalue weighted by Gasteiger charge is 2.15. The fraction of sp³-hybridized carbons (Fsp3) is 0.0667. The zero-order valence-corrected chi connectivity index (χ0v) is 11.6. The molecule has 0 aliphatic carbocycles. The molecule has 0 unspecified atom stereocenters. The molecule has 0 N–H and O–H groups in total. The lowest BCUT2D eigenvalue weighted by Crippen LogP contribution is -2.04. The molecule has 0 saturated heterocycles. The summed E-state index contributed by atoms with van der Waals surface area (Å²) in [4.78, 5) is 11.6. The third kappa shape index (κ3) is 3.12. The van der Waals surface area contributed by atoms with Gasteiger partial charge in [0.15, 0.2) is 11.6 Å². The van der Waals surface area contributed by atoms with Crippen LogP contribution in [0, 0.1) is 17.1 Å². The Balaban J connectivity index is 2.42. The third-order valence-corrected chi connectivity index (χ3v) is 2.95. The SMILES string of the molecule is COC(=O)c1cc(Oc2c(F)cccc2Cl)ccc1C#N. The number of methoxy groups -OCH3 is 1. The molecule has 2 aromatic rings. The molecule has 4 nitrogen and oxygen atoms in total. The minimum Gasteiger partial charge on any atom is -0.465 e. The Bertz CT molecular complexity index is 720. The Morgan fingerprint density at radius 3 is 2.71 bits per heavy atom. The third-order valence-electron chi connectivity index (χ3n) is 2.66. The first kappa shape index (κ1) is 14.8. The number of nitriles is 1. The maximum atomic E-state index is 13.7. The van der Waals surface area contributed by atoms with Crippen LogP contribution >= 0.6 is 11.6 Å². The predicted octanol–water partition coefficient (Wildman–Crippen LogP) is 3.93. The summed E-state index contributed by atoms with van der Waals surface area (Å²) in [5, 5.41) is 9.05. The van der Waals surface area contributed by atoms with E-state index in [2.05, 4.69) is 4.74 Å². The van der Waals surface area contributed by atoms with Crippen LogP contribution in [0.4, 0.5) is 4.39 Å². The minimum absolute atomic E-state index is 0.0324. The number of nitrogens with zero attached hydrogens (tertiary/aromatic N) is 1. The second-order valence-corrected chi connectivity index (χ2v) is 4.37. The molecule has 0 bridgehead atoms. The number of hydrogen-bond donors (Lipinski definition) is 0. The molecule has 6 heteroatoms. The van der Waals surface area contributed by atoms with Gasteiger partial charge in [-0.3, -0.25) is 0 Å². The van der Waals surface area contributed by atoms with Crippen LogP contribution in [-0.2, 0) is 4.74 Å². The van der Waals surface area contributed by atoms with E-state index in [0.29, 0.717) is 0 Å². The Morgan fingerprint density at radius 2 is 2.10 bits per heavy atom. The van der Waals surface area contributed by atoms with E-state index in [-0.39, 0.29) is 27.6 Å². The summed E-state index contributed by atoms with van der Waals surface area (Å²) in [6.45, 7) is 0. The Labute approximate surface area is 125 Å². The summed E-state index contributed by atoms with van der Waals surface area (Å²) in [6.07, 6.45) is 0. The fourth-order valence-corrected chi connectivity index (χ4v) is 1.86. The van der Waals surface area contributed by atoms with Crippen LogP contribution in [0.3, 0.4) is 0 Å². The van der Waals surface area contributed by atoms with Crippen LogP contribution in [0.25, 0.3) is 0 Å². The van der Waals surface area contributed by atoms with Crippen molar-refractivity contribution in [2.24, 2.45) is 0 Å². The molecular formula is C15H9ClFNO3. The number of para-hydroxylation sites is 1. The molecule has 0 atom stereocenters. The molecule has 2 aromatic carbocycles. The number of rotatable bonds is 3. The van der Waals surface area contributed by atoms with Gasteiger partial charge in [0.25, 0.3) is 0 Å². The quantitative estimate of drug-likeness (QED) is 0.806. The van der Waals surface area contributed by atoms with Crippen LogP contribution in [0.1, 0.15) is 15.9 Å². The van der Waals surface area contributed by atoms with Gasteiger partial charge in [0, 0.05) is 0 Å². The zero-order chi connectivity index (χ0) is 15.4. The van der Waals surface area contributed by atoms with Gasteiger partial charge in [0.2, 0.25) is 0 Å². The smallest absolute Gasteiger partial charge is 0.339 e. The van der Waals surface area contributed by atoms with Gasteiger partial charge in [-0.25, -0.2) is 9.18 Å². The number of halogens is 2. The standard InChI is InChI=1S/C15H9ClFNO3/c1-20-15(19)11-7-10(6-5-9(11)8-18)21-14-12(16)3-2-4-13(14)17/h2-7H,1H3. The molecule has 0 fully saturated rings. The number of benzene rings is 2. The summed E-state index contributed by atoms with van der Waals surface area (Å²) >= 11 is 5.86. The summed E-state index contributed by atoms with van der Waals surface area (Å²) < 4.78 is 23.6. The molecule has 106 valence electrons. The predicted molar refractivity (Wildman–Crippen MR) is 74.0 cm³/mol. The van der Waals surface area contributed by atoms with Crippen molar-refractivity contribution in [1.29, 1.82) is 5.26 Å². The first-order valence-corrected chi connectivity index (χ1v) is 6.19. The second kappa shape index (κ2) is 6.25. The van der Waals surface area contributed by atoms with E-state index >= 15 is 0 Å². The van der Waals surface area contributed by atoms with Gasteiger partial charge in [-0.05, 0) is 30.3 Å². The number of carbonyl (C=O) groups excluding carboxylic acids is 1. The molecule has 0 radical (unpaired) electrons. The Hall–Kier alpha value is -2.58. The van der Waals surface area contributed by atoms with Crippen molar-refractivity contribution in [3.8, 4) is 17.6 Å². The molecule has 0 saturated carbocycles. The van der Waals surface area contributed by atoms with Gasteiger partial charge in [-0.1, -0.05) is 17.7 Å². The molecule has 0 heterocycles. The van der Waals surface area contributed by atoms with E-state index in [1.54, 1.807) is 0 Å². The van der Waals surface area contributed by atoms with E-state index in [0.717, 1.165) is 0 Å². The van der Waals surface area contributed by atoms with Gasteiger partial charge in [0.1, 0.15) is 11.8 Å². The van der Waals surface area contributed by atoms with Crippen molar-refractivity contribution >= 4 is 17.6 Å². The van der Waals surface area contributed by atoms with Crippen LogP contribution in [0.15, 0.2) is 36.4 Å². The van der Waals surface area contributed by atoms with Crippen molar-refractivity contribution in [3.05, 3.63) is 58.4 Å². The summed E-state index contributed by atoms with van der Waals surface area (Å²) in [6, 6.07) is 10.1. The zero-order valence-electron chi connectivity index (χ0n) is 10.9. The number of ether oxygens (including phenoxy) is 2. The Kier molecular flexibility index (Phi) is 4.41. The lowest BCUT2D eigenvalue weighted by molar-refractivity contribution is 0.0600. The molecule has 21 heavy (non-hydrogen) atoms. The van der Waals surface area contributed by atoms with Crippen molar-refractivity contribution in [1.82, 2.24) is 0 Å². The van der Waals surface area contributed by atoms with Crippen LogP contribution < -0.4 is 4.74 Å². The average molecular weight is 306 g/mol. The van der Waals surface area contributed by atoms with E-state index in [1.165, 1.54) is 43.5 Å². The van der Waals surface area contributed by atoms with E-state index in [9.17, 15) is 9.18 Å². The first-order chi connectivity index (χ1) is 10.1. The molecule has 2 rings (SSSR count). The van der Waals surface area contributed by atoms with Gasteiger partial charge in [-0.15, -0.1) is 0 Å². The van der Waals surface area contributed by atoms with Gasteiger partial charge in [0.05, 0.1) is 23.3 Å². The molecule has 0 amide bonds.